The minimum absolute atomic E-state index is 0.167. The molecule has 0 amide bonds. The lowest BCUT2D eigenvalue weighted by Gasteiger charge is -2.38. The first-order chi connectivity index (χ1) is 7.65. The molecule has 2 rings (SSSR count). The third kappa shape index (κ3) is 3.72. The molecule has 94 valence electrons. The van der Waals surface area contributed by atoms with Crippen molar-refractivity contribution in [1.82, 2.24) is 9.80 Å². The molecule has 3 heteroatoms. The Morgan fingerprint density at radius 3 is 2.25 bits per heavy atom. The van der Waals surface area contributed by atoms with E-state index >= 15 is 0 Å². The summed E-state index contributed by atoms with van der Waals surface area (Å²) in [5.74, 6) is 1.02. The summed E-state index contributed by atoms with van der Waals surface area (Å²) in [5, 5.41) is 9.40. The minimum Gasteiger partial charge on any atom is -0.393 e. The van der Waals surface area contributed by atoms with Crippen molar-refractivity contribution in [3.05, 3.63) is 0 Å². The van der Waals surface area contributed by atoms with E-state index in [-0.39, 0.29) is 6.10 Å². The maximum atomic E-state index is 9.40. The highest BCUT2D eigenvalue weighted by Crippen LogP contribution is 2.30. The predicted molar refractivity (Wildman–Crippen MR) is 66.5 cm³/mol. The molecule has 1 heterocycles. The molecular formula is C13H26N2O. The summed E-state index contributed by atoms with van der Waals surface area (Å²) in [4.78, 5) is 5.14. The van der Waals surface area contributed by atoms with Crippen molar-refractivity contribution in [1.29, 1.82) is 0 Å². The van der Waals surface area contributed by atoms with Crippen molar-refractivity contribution in [3.8, 4) is 0 Å². The fourth-order valence-corrected chi connectivity index (χ4v) is 2.69. The van der Waals surface area contributed by atoms with Gasteiger partial charge in [0.1, 0.15) is 0 Å². The van der Waals surface area contributed by atoms with E-state index in [1.54, 1.807) is 0 Å². The van der Waals surface area contributed by atoms with Crippen molar-refractivity contribution >= 4 is 0 Å². The van der Waals surface area contributed by atoms with Crippen LogP contribution in [0.1, 0.15) is 33.1 Å². The van der Waals surface area contributed by atoms with Crippen LogP contribution in [-0.4, -0.2) is 59.8 Å². The summed E-state index contributed by atoms with van der Waals surface area (Å²) in [5.41, 5.74) is 0. The minimum atomic E-state index is -0.167. The molecule has 0 aromatic rings. The van der Waals surface area contributed by atoms with E-state index in [1.807, 2.05) is 6.92 Å². The number of hydrogen-bond donors (Lipinski definition) is 1. The van der Waals surface area contributed by atoms with Gasteiger partial charge in [0, 0.05) is 38.8 Å². The van der Waals surface area contributed by atoms with Gasteiger partial charge in [0.25, 0.3) is 0 Å². The maximum absolute atomic E-state index is 9.40. The van der Waals surface area contributed by atoms with Gasteiger partial charge in [0.2, 0.25) is 0 Å². The number of rotatable bonds is 5. The number of aliphatic hydroxyl groups excluding tert-OH is 1. The third-order valence-corrected chi connectivity index (χ3v) is 3.93. The summed E-state index contributed by atoms with van der Waals surface area (Å²) in [6.07, 6.45) is 3.65. The quantitative estimate of drug-likeness (QED) is 0.762. The summed E-state index contributed by atoms with van der Waals surface area (Å²) >= 11 is 0. The Balaban J connectivity index is 1.67. The SMILES string of the molecule is CC(O)CC(C)N1CCN(CC2CC2)CC1. The van der Waals surface area contributed by atoms with Crippen molar-refractivity contribution < 1.29 is 5.11 Å². The molecule has 3 nitrogen and oxygen atoms in total. The lowest BCUT2D eigenvalue weighted by Crippen LogP contribution is -2.50. The van der Waals surface area contributed by atoms with Gasteiger partial charge in [0.05, 0.1) is 6.10 Å². The summed E-state index contributed by atoms with van der Waals surface area (Å²) in [6.45, 7) is 10.3. The lowest BCUT2D eigenvalue weighted by atomic mass is 10.1. The van der Waals surface area contributed by atoms with Crippen LogP contribution in [-0.2, 0) is 0 Å². The smallest absolute Gasteiger partial charge is 0.0526 e. The maximum Gasteiger partial charge on any atom is 0.0526 e. The molecular weight excluding hydrogens is 200 g/mol. The molecule has 0 aromatic carbocycles. The van der Waals surface area contributed by atoms with Gasteiger partial charge in [-0.15, -0.1) is 0 Å². The number of hydrogen-bond acceptors (Lipinski definition) is 3. The molecule has 1 aliphatic heterocycles. The Morgan fingerprint density at radius 1 is 1.12 bits per heavy atom. The van der Waals surface area contributed by atoms with E-state index in [4.69, 9.17) is 0 Å². The van der Waals surface area contributed by atoms with Gasteiger partial charge >= 0.3 is 0 Å². The van der Waals surface area contributed by atoms with Crippen LogP contribution in [0, 0.1) is 5.92 Å². The molecule has 0 spiro atoms. The van der Waals surface area contributed by atoms with E-state index in [2.05, 4.69) is 16.7 Å². The van der Waals surface area contributed by atoms with Gasteiger partial charge in [-0.25, -0.2) is 0 Å². The lowest BCUT2D eigenvalue weighted by molar-refractivity contribution is 0.0712. The second-order valence-corrected chi connectivity index (χ2v) is 5.71. The normalized spacial score (nSPS) is 27.9. The van der Waals surface area contributed by atoms with E-state index in [0.717, 1.165) is 12.3 Å². The fraction of sp³-hybridized carbons (Fsp3) is 1.00. The van der Waals surface area contributed by atoms with Gasteiger partial charge in [-0.1, -0.05) is 0 Å². The van der Waals surface area contributed by atoms with Gasteiger partial charge in [-0.05, 0) is 39.0 Å². The zero-order valence-electron chi connectivity index (χ0n) is 10.7. The Kier molecular flexibility index (Phi) is 4.22. The first-order valence-corrected chi connectivity index (χ1v) is 6.79. The van der Waals surface area contributed by atoms with Crippen LogP contribution < -0.4 is 0 Å². The second kappa shape index (κ2) is 5.48. The molecule has 2 fully saturated rings. The molecule has 0 aromatic heterocycles. The van der Waals surface area contributed by atoms with Crippen LogP contribution in [0.5, 0.6) is 0 Å². The van der Waals surface area contributed by atoms with Gasteiger partial charge < -0.3 is 10.0 Å². The number of aliphatic hydroxyl groups is 1. The average Bonchev–Trinajstić information content (AvgIpc) is 3.01. The van der Waals surface area contributed by atoms with Crippen LogP contribution in [0.15, 0.2) is 0 Å². The highest BCUT2D eigenvalue weighted by molar-refractivity contribution is 4.82. The molecule has 2 unspecified atom stereocenters. The van der Waals surface area contributed by atoms with Crippen molar-refractivity contribution in [3.63, 3.8) is 0 Å². The van der Waals surface area contributed by atoms with Crippen LogP contribution >= 0.6 is 0 Å². The Morgan fingerprint density at radius 2 is 1.75 bits per heavy atom. The summed E-state index contributed by atoms with van der Waals surface area (Å²) in [6, 6.07) is 0.531. The summed E-state index contributed by atoms with van der Waals surface area (Å²) < 4.78 is 0. The monoisotopic (exact) mass is 226 g/mol. The van der Waals surface area contributed by atoms with E-state index in [9.17, 15) is 5.11 Å². The predicted octanol–water partition coefficient (Wildman–Crippen LogP) is 1.17. The summed E-state index contributed by atoms with van der Waals surface area (Å²) in [7, 11) is 0. The highest BCUT2D eigenvalue weighted by atomic mass is 16.3. The average molecular weight is 226 g/mol. The standard InChI is InChI=1S/C13H26N2O/c1-11(9-12(2)16)15-7-5-14(6-8-15)10-13-3-4-13/h11-13,16H,3-10H2,1-2H3. The zero-order chi connectivity index (χ0) is 11.5. The largest absolute Gasteiger partial charge is 0.393 e. The van der Waals surface area contributed by atoms with Crippen LogP contribution in [0.25, 0.3) is 0 Å². The van der Waals surface area contributed by atoms with Gasteiger partial charge in [0.15, 0.2) is 0 Å². The molecule has 1 saturated carbocycles. The van der Waals surface area contributed by atoms with Crippen LogP contribution in [0.4, 0.5) is 0 Å². The number of nitrogens with zero attached hydrogens (tertiary/aromatic N) is 2. The zero-order valence-corrected chi connectivity index (χ0v) is 10.7. The molecule has 0 bridgehead atoms. The Bertz CT molecular complexity index is 208. The Hall–Kier alpha value is -0.120. The molecule has 2 aliphatic rings. The Labute approximate surface area is 99.4 Å². The van der Waals surface area contributed by atoms with Crippen LogP contribution in [0.3, 0.4) is 0 Å². The van der Waals surface area contributed by atoms with Crippen LogP contribution in [0.2, 0.25) is 0 Å². The van der Waals surface area contributed by atoms with Crippen molar-refractivity contribution in [2.45, 2.75) is 45.3 Å². The van der Waals surface area contributed by atoms with Gasteiger partial charge in [-0.2, -0.15) is 0 Å². The first kappa shape index (κ1) is 12.3. The topological polar surface area (TPSA) is 26.7 Å². The van der Waals surface area contributed by atoms with Crippen molar-refractivity contribution in [2.24, 2.45) is 5.92 Å². The van der Waals surface area contributed by atoms with E-state index in [0.29, 0.717) is 6.04 Å². The molecule has 1 N–H and O–H groups in total. The number of piperazine rings is 1. The molecule has 1 saturated heterocycles. The highest BCUT2D eigenvalue weighted by Gasteiger charge is 2.27. The molecule has 1 aliphatic carbocycles. The molecule has 16 heavy (non-hydrogen) atoms. The second-order valence-electron chi connectivity index (χ2n) is 5.71. The van der Waals surface area contributed by atoms with E-state index in [1.165, 1.54) is 45.6 Å². The third-order valence-electron chi connectivity index (χ3n) is 3.93. The van der Waals surface area contributed by atoms with Crippen molar-refractivity contribution in [2.75, 3.05) is 32.7 Å². The first-order valence-electron chi connectivity index (χ1n) is 6.79. The fourth-order valence-electron chi connectivity index (χ4n) is 2.69. The van der Waals surface area contributed by atoms with Gasteiger partial charge in [-0.3, -0.25) is 4.90 Å². The molecule has 2 atom stereocenters. The van der Waals surface area contributed by atoms with E-state index < -0.39 is 0 Å². The molecule has 0 radical (unpaired) electrons.